The topological polar surface area (TPSA) is 34.1 Å². The van der Waals surface area contributed by atoms with Crippen molar-refractivity contribution < 1.29 is 9.59 Å². The molecule has 0 radical (unpaired) electrons. The summed E-state index contributed by atoms with van der Waals surface area (Å²) in [5.41, 5.74) is 1.31. The van der Waals surface area contributed by atoms with Crippen molar-refractivity contribution >= 4 is 20.5 Å². The van der Waals surface area contributed by atoms with E-state index in [1.54, 1.807) is 0 Å². The Kier molecular flexibility index (Phi) is 1.92. The summed E-state index contributed by atoms with van der Waals surface area (Å²) in [5.74, 6) is 2.18. The normalized spacial score (nSPS) is 47.5. The standard InChI is InChI=1S/C10H13O2P/c1-7-5-13-6-10(7,2)8(3-11)9(13)4-12/h3-5,8-9H,6H2,1-2H3. The van der Waals surface area contributed by atoms with E-state index in [4.69, 9.17) is 0 Å². The molecule has 2 aliphatic heterocycles. The lowest BCUT2D eigenvalue weighted by atomic mass is 9.73. The van der Waals surface area contributed by atoms with Crippen molar-refractivity contribution in [3.05, 3.63) is 11.4 Å². The molecule has 3 heteroatoms. The third kappa shape index (κ3) is 0.985. The summed E-state index contributed by atoms with van der Waals surface area (Å²) in [4.78, 5) is 21.8. The van der Waals surface area contributed by atoms with Crippen molar-refractivity contribution in [3.63, 3.8) is 0 Å². The fourth-order valence-electron chi connectivity index (χ4n) is 2.48. The molecule has 0 aliphatic carbocycles. The number of hydrogen-bond donors (Lipinski definition) is 0. The van der Waals surface area contributed by atoms with Gasteiger partial charge in [0.05, 0.1) is 0 Å². The van der Waals surface area contributed by atoms with Crippen molar-refractivity contribution in [2.75, 3.05) is 6.16 Å². The average Bonchev–Trinajstić information content (AvgIpc) is 2.53. The van der Waals surface area contributed by atoms with Crippen molar-refractivity contribution in [1.29, 1.82) is 0 Å². The lowest BCUT2D eigenvalue weighted by molar-refractivity contribution is -0.117. The van der Waals surface area contributed by atoms with Gasteiger partial charge in [0.25, 0.3) is 0 Å². The quantitative estimate of drug-likeness (QED) is 0.498. The maximum atomic E-state index is 10.9. The van der Waals surface area contributed by atoms with Crippen LogP contribution in [0.3, 0.4) is 0 Å². The van der Waals surface area contributed by atoms with Crippen LogP contribution in [0.1, 0.15) is 13.8 Å². The second kappa shape index (κ2) is 2.75. The van der Waals surface area contributed by atoms with Crippen LogP contribution in [0.2, 0.25) is 0 Å². The SMILES string of the molecule is CC1=CP2CC1(C)C(C=O)C2C=O. The van der Waals surface area contributed by atoms with Gasteiger partial charge >= 0.3 is 0 Å². The monoisotopic (exact) mass is 196 g/mol. The van der Waals surface area contributed by atoms with Gasteiger partial charge in [-0.15, -0.1) is 0 Å². The van der Waals surface area contributed by atoms with Crippen LogP contribution in [0.25, 0.3) is 0 Å². The minimum absolute atomic E-state index is 0.000962. The van der Waals surface area contributed by atoms with Crippen LogP contribution in [-0.4, -0.2) is 24.4 Å². The average molecular weight is 196 g/mol. The molecule has 4 atom stereocenters. The maximum absolute atomic E-state index is 10.9. The Labute approximate surface area is 79.1 Å². The summed E-state index contributed by atoms with van der Waals surface area (Å²) in [5, 5.41) is 0. The first-order valence-electron chi connectivity index (χ1n) is 4.48. The van der Waals surface area contributed by atoms with Gasteiger partial charge < -0.3 is 9.59 Å². The maximum Gasteiger partial charge on any atom is 0.128 e. The van der Waals surface area contributed by atoms with Crippen LogP contribution in [0, 0.1) is 11.3 Å². The summed E-state index contributed by atoms with van der Waals surface area (Å²) < 4.78 is 0. The summed E-state index contributed by atoms with van der Waals surface area (Å²) >= 11 is 0. The highest BCUT2D eigenvalue weighted by Gasteiger charge is 2.54. The van der Waals surface area contributed by atoms with Crippen molar-refractivity contribution in [1.82, 2.24) is 0 Å². The number of fused-ring (bicyclic) bond motifs is 2. The van der Waals surface area contributed by atoms with Gasteiger partial charge in [-0.2, -0.15) is 0 Å². The Morgan fingerprint density at radius 1 is 1.54 bits per heavy atom. The molecule has 0 spiro atoms. The third-order valence-electron chi connectivity index (χ3n) is 3.54. The van der Waals surface area contributed by atoms with E-state index in [1.807, 2.05) is 0 Å². The second-order valence-electron chi connectivity index (χ2n) is 4.19. The van der Waals surface area contributed by atoms with E-state index < -0.39 is 0 Å². The van der Waals surface area contributed by atoms with Gasteiger partial charge in [-0.1, -0.05) is 26.2 Å². The van der Waals surface area contributed by atoms with E-state index in [0.29, 0.717) is 0 Å². The third-order valence-corrected chi connectivity index (χ3v) is 6.49. The molecule has 0 N–H and O–H groups in total. The van der Waals surface area contributed by atoms with Gasteiger partial charge in [-0.05, 0) is 13.1 Å². The Bertz CT molecular complexity index is 297. The zero-order chi connectivity index (χ0) is 9.64. The number of aldehydes is 2. The highest BCUT2D eigenvalue weighted by atomic mass is 31.1. The Morgan fingerprint density at radius 2 is 2.23 bits per heavy atom. The van der Waals surface area contributed by atoms with Gasteiger partial charge in [0.2, 0.25) is 0 Å². The second-order valence-corrected chi connectivity index (χ2v) is 6.39. The molecular formula is C10H13O2P. The molecule has 2 heterocycles. The predicted molar refractivity (Wildman–Crippen MR) is 53.1 cm³/mol. The summed E-state index contributed by atoms with van der Waals surface area (Å²) in [6.45, 7) is 4.20. The Balaban J connectivity index is 2.43. The van der Waals surface area contributed by atoms with Gasteiger partial charge in [0, 0.05) is 17.0 Å². The molecule has 1 saturated heterocycles. The molecule has 0 amide bonds. The fraction of sp³-hybridized carbons (Fsp3) is 0.600. The first-order valence-corrected chi connectivity index (χ1v) is 6.15. The number of allylic oxidation sites excluding steroid dienone is 1. The highest BCUT2D eigenvalue weighted by Crippen LogP contribution is 2.68. The van der Waals surface area contributed by atoms with Crippen molar-refractivity contribution in [3.8, 4) is 0 Å². The number of hydrogen-bond acceptors (Lipinski definition) is 2. The van der Waals surface area contributed by atoms with E-state index in [0.717, 1.165) is 18.7 Å². The molecule has 1 fully saturated rings. The molecule has 2 rings (SSSR count). The number of carbonyl (C=O) groups excluding carboxylic acids is 2. The molecule has 2 bridgehead atoms. The zero-order valence-corrected chi connectivity index (χ0v) is 8.75. The van der Waals surface area contributed by atoms with Crippen LogP contribution < -0.4 is 0 Å². The minimum Gasteiger partial charge on any atom is -0.303 e. The first kappa shape index (κ1) is 9.08. The number of rotatable bonds is 2. The molecule has 2 aliphatic rings. The summed E-state index contributed by atoms with van der Waals surface area (Å²) in [6, 6.07) is 0. The number of carbonyl (C=O) groups is 2. The van der Waals surface area contributed by atoms with Crippen molar-refractivity contribution in [2.45, 2.75) is 19.5 Å². The van der Waals surface area contributed by atoms with Gasteiger partial charge in [-0.3, -0.25) is 0 Å². The Hall–Kier alpha value is -0.490. The molecule has 70 valence electrons. The molecule has 4 unspecified atom stereocenters. The fourth-order valence-corrected chi connectivity index (χ4v) is 5.94. The van der Waals surface area contributed by atoms with E-state index in [9.17, 15) is 9.59 Å². The van der Waals surface area contributed by atoms with E-state index >= 15 is 0 Å². The van der Waals surface area contributed by atoms with Crippen LogP contribution in [0.15, 0.2) is 11.4 Å². The highest BCUT2D eigenvalue weighted by molar-refractivity contribution is 7.63. The van der Waals surface area contributed by atoms with E-state index in [-0.39, 0.29) is 24.9 Å². The predicted octanol–water partition coefficient (Wildman–Crippen LogP) is 1.79. The van der Waals surface area contributed by atoms with Gasteiger partial charge in [0.15, 0.2) is 0 Å². The molecule has 0 aromatic heterocycles. The van der Waals surface area contributed by atoms with E-state index in [1.165, 1.54) is 5.57 Å². The first-order chi connectivity index (χ1) is 6.13. The smallest absolute Gasteiger partial charge is 0.128 e. The summed E-state index contributed by atoms with van der Waals surface area (Å²) in [7, 11) is -0.327. The van der Waals surface area contributed by atoms with Gasteiger partial charge in [0.1, 0.15) is 12.6 Å². The van der Waals surface area contributed by atoms with Crippen LogP contribution in [-0.2, 0) is 9.59 Å². The van der Waals surface area contributed by atoms with Crippen LogP contribution in [0.5, 0.6) is 0 Å². The molecule has 0 aromatic carbocycles. The molecule has 2 nitrogen and oxygen atoms in total. The molecule has 0 aromatic rings. The van der Waals surface area contributed by atoms with Crippen LogP contribution >= 0.6 is 7.92 Å². The minimum atomic E-state index is -0.327. The largest absolute Gasteiger partial charge is 0.303 e. The molecule has 0 saturated carbocycles. The molecule has 13 heavy (non-hydrogen) atoms. The Morgan fingerprint density at radius 3 is 2.77 bits per heavy atom. The summed E-state index contributed by atoms with van der Waals surface area (Å²) in [6.07, 6.45) is 3.01. The van der Waals surface area contributed by atoms with Crippen molar-refractivity contribution in [2.24, 2.45) is 11.3 Å². The lowest BCUT2D eigenvalue weighted by Gasteiger charge is -2.30. The van der Waals surface area contributed by atoms with Gasteiger partial charge in [-0.25, -0.2) is 0 Å². The van der Waals surface area contributed by atoms with E-state index in [2.05, 4.69) is 19.7 Å². The zero-order valence-electron chi connectivity index (χ0n) is 7.86. The molecular weight excluding hydrogens is 183 g/mol. The lowest BCUT2D eigenvalue weighted by Crippen LogP contribution is -2.33. The van der Waals surface area contributed by atoms with Crippen LogP contribution in [0.4, 0.5) is 0 Å².